The zero-order valence-electron chi connectivity index (χ0n) is 19.7. The Morgan fingerprint density at radius 3 is 2.88 bits per heavy atom. The van der Waals surface area contributed by atoms with Gasteiger partial charge in [0.15, 0.2) is 0 Å². The van der Waals surface area contributed by atoms with Crippen molar-refractivity contribution in [3.63, 3.8) is 0 Å². The Morgan fingerprint density at radius 2 is 2.12 bits per heavy atom. The molecule has 0 saturated carbocycles. The molecule has 182 valence electrons. The number of benzene rings is 1. The number of aromatic nitrogens is 1. The van der Waals surface area contributed by atoms with Crippen LogP contribution in [0, 0.1) is 11.8 Å². The van der Waals surface area contributed by atoms with Crippen molar-refractivity contribution in [3.8, 4) is 5.75 Å². The first-order valence-electron chi connectivity index (χ1n) is 12.1. The second-order valence-electron chi connectivity index (χ2n) is 9.19. The molecule has 0 amide bonds. The summed E-state index contributed by atoms with van der Waals surface area (Å²) in [4.78, 5) is 20.1. The fraction of sp³-hybridized carbons (Fsp3) is 0.481. The van der Waals surface area contributed by atoms with E-state index >= 15 is 0 Å². The van der Waals surface area contributed by atoms with Crippen molar-refractivity contribution in [2.24, 2.45) is 11.8 Å². The number of hydrogen-bond acceptors (Lipinski definition) is 5. The Bertz CT molecular complexity index is 1100. The Hall–Kier alpha value is -2.15. The molecule has 1 N–H and O–H groups in total. The Kier molecular flexibility index (Phi) is 8.81. The Balaban J connectivity index is 1.26. The lowest BCUT2D eigenvalue weighted by Gasteiger charge is -2.36. The Morgan fingerprint density at radius 1 is 1.24 bits per heavy atom. The van der Waals surface area contributed by atoms with Crippen LogP contribution in [0.15, 0.2) is 41.9 Å². The van der Waals surface area contributed by atoms with Gasteiger partial charge in [-0.2, -0.15) is 0 Å². The Labute approximate surface area is 210 Å². The number of pyridine rings is 1. The largest absolute Gasteiger partial charge is 0.497 e. The van der Waals surface area contributed by atoms with Crippen LogP contribution in [0.4, 0.5) is 0 Å². The average molecular weight is 501 g/mol. The molecular weight excluding hydrogens is 468 g/mol. The van der Waals surface area contributed by atoms with E-state index in [0.29, 0.717) is 6.54 Å². The van der Waals surface area contributed by atoms with E-state index in [1.165, 1.54) is 10.4 Å². The first-order chi connectivity index (χ1) is 16.5. The predicted molar refractivity (Wildman–Crippen MR) is 139 cm³/mol. The summed E-state index contributed by atoms with van der Waals surface area (Å²) in [5, 5.41) is 13.9. The van der Waals surface area contributed by atoms with Crippen molar-refractivity contribution in [2.75, 3.05) is 26.7 Å². The summed E-state index contributed by atoms with van der Waals surface area (Å²) in [6, 6.07) is 9.99. The van der Waals surface area contributed by atoms with Gasteiger partial charge in [0.1, 0.15) is 5.75 Å². The van der Waals surface area contributed by atoms with Gasteiger partial charge >= 0.3 is 5.97 Å². The van der Waals surface area contributed by atoms with Gasteiger partial charge in [-0.3, -0.25) is 9.78 Å². The first kappa shape index (κ1) is 25.0. The maximum absolute atomic E-state index is 12.0. The van der Waals surface area contributed by atoms with Gasteiger partial charge in [0.05, 0.1) is 23.6 Å². The van der Waals surface area contributed by atoms with Crippen molar-refractivity contribution < 1.29 is 14.6 Å². The van der Waals surface area contributed by atoms with Crippen LogP contribution in [0.5, 0.6) is 5.75 Å². The van der Waals surface area contributed by atoms with Gasteiger partial charge in [-0.05, 0) is 105 Å². The molecular formula is C27H33ClN2O3S. The van der Waals surface area contributed by atoms with Crippen molar-refractivity contribution in [1.29, 1.82) is 0 Å². The number of hydrogen-bond donors (Lipinski definition) is 1. The van der Waals surface area contributed by atoms with Crippen molar-refractivity contribution in [3.05, 3.63) is 57.4 Å². The number of fused-ring (bicyclic) bond motifs is 1. The highest BCUT2D eigenvalue weighted by Gasteiger charge is 2.33. The number of nitrogens with zero attached hydrogens (tertiary/aromatic N) is 2. The van der Waals surface area contributed by atoms with Crippen LogP contribution in [0.2, 0.25) is 5.02 Å². The molecule has 0 bridgehead atoms. The number of piperidine rings is 1. The van der Waals surface area contributed by atoms with Crippen LogP contribution < -0.4 is 4.74 Å². The fourth-order valence-electron chi connectivity index (χ4n) is 5.10. The highest BCUT2D eigenvalue weighted by Crippen LogP contribution is 2.30. The number of halogens is 1. The molecule has 0 radical (unpaired) electrons. The lowest BCUT2D eigenvalue weighted by atomic mass is 9.81. The van der Waals surface area contributed by atoms with Gasteiger partial charge in [0.2, 0.25) is 0 Å². The van der Waals surface area contributed by atoms with E-state index in [-0.39, 0.29) is 11.8 Å². The van der Waals surface area contributed by atoms with Crippen LogP contribution in [0.1, 0.15) is 42.5 Å². The summed E-state index contributed by atoms with van der Waals surface area (Å²) < 4.78 is 5.38. The van der Waals surface area contributed by atoms with Gasteiger partial charge < -0.3 is 14.7 Å². The van der Waals surface area contributed by atoms with Gasteiger partial charge in [-0.25, -0.2) is 0 Å². The second kappa shape index (κ2) is 12.0. The number of ether oxygens (including phenoxy) is 1. The molecule has 3 aromatic rings. The standard InChI is InChI=1S/C27H33ClN2O3S/c1-33-21-8-9-25-22(17-21)19(10-13-29-25)5-4-6-20-11-15-30(18-23(20)27(31)32)14-3-2-7-26-24(28)12-16-34-26/h8-10,12-13,16-17,20,23H,2-7,11,14-15,18H2,1H3,(H,31,32)/t20-,23+/m1/s1. The van der Waals surface area contributed by atoms with Crippen molar-refractivity contribution in [2.45, 2.75) is 44.9 Å². The molecule has 7 heteroatoms. The number of methoxy groups -OCH3 is 1. The maximum Gasteiger partial charge on any atom is 0.308 e. The molecule has 2 atom stereocenters. The quantitative estimate of drug-likeness (QED) is 0.312. The molecule has 1 fully saturated rings. The molecule has 3 heterocycles. The average Bonchev–Trinajstić information content (AvgIpc) is 3.26. The highest BCUT2D eigenvalue weighted by atomic mass is 35.5. The van der Waals surface area contributed by atoms with E-state index in [2.05, 4.69) is 16.0 Å². The number of aryl methyl sites for hydroxylation is 2. The van der Waals surface area contributed by atoms with E-state index in [0.717, 1.165) is 79.7 Å². The van der Waals surface area contributed by atoms with E-state index in [9.17, 15) is 9.90 Å². The molecule has 2 aromatic heterocycles. The number of carboxylic acid groups (broad SMARTS) is 1. The SMILES string of the molecule is COc1ccc2nccc(CCC[C@@H]3CCN(CCCCc4sccc4Cl)C[C@@H]3C(=O)O)c2c1. The summed E-state index contributed by atoms with van der Waals surface area (Å²) in [7, 11) is 1.68. The number of rotatable bonds is 11. The number of unbranched alkanes of at least 4 members (excludes halogenated alkanes) is 1. The minimum Gasteiger partial charge on any atom is -0.497 e. The van der Waals surface area contributed by atoms with Gasteiger partial charge in [0, 0.05) is 23.0 Å². The summed E-state index contributed by atoms with van der Waals surface area (Å²) >= 11 is 7.90. The molecule has 1 aromatic carbocycles. The highest BCUT2D eigenvalue weighted by molar-refractivity contribution is 7.10. The molecule has 0 aliphatic carbocycles. The summed E-state index contributed by atoms with van der Waals surface area (Å²) in [5.41, 5.74) is 2.22. The minimum absolute atomic E-state index is 0.237. The van der Waals surface area contributed by atoms with E-state index in [1.807, 2.05) is 35.8 Å². The molecule has 0 unspecified atom stereocenters. The summed E-state index contributed by atoms with van der Waals surface area (Å²) in [6.07, 6.45) is 8.82. The van der Waals surface area contributed by atoms with E-state index < -0.39 is 5.97 Å². The van der Waals surface area contributed by atoms with Gasteiger partial charge in [-0.15, -0.1) is 11.3 Å². The van der Waals surface area contributed by atoms with Crippen LogP contribution >= 0.6 is 22.9 Å². The van der Waals surface area contributed by atoms with Crippen LogP contribution in [0.25, 0.3) is 10.9 Å². The molecule has 4 rings (SSSR count). The van der Waals surface area contributed by atoms with Crippen LogP contribution in [-0.4, -0.2) is 47.7 Å². The summed E-state index contributed by atoms with van der Waals surface area (Å²) in [5.74, 6) is 0.133. The molecule has 1 aliphatic rings. The van der Waals surface area contributed by atoms with Crippen molar-refractivity contribution >= 4 is 39.8 Å². The number of aliphatic carboxylic acids is 1. The minimum atomic E-state index is -0.654. The monoisotopic (exact) mass is 500 g/mol. The lowest BCUT2D eigenvalue weighted by Crippen LogP contribution is -2.44. The number of carbonyl (C=O) groups is 1. The van der Waals surface area contributed by atoms with Crippen LogP contribution in [0.3, 0.4) is 0 Å². The molecule has 5 nitrogen and oxygen atoms in total. The third kappa shape index (κ3) is 6.29. The number of carboxylic acids is 1. The summed E-state index contributed by atoms with van der Waals surface area (Å²) in [6.45, 7) is 2.61. The first-order valence-corrected chi connectivity index (χ1v) is 13.4. The molecule has 34 heavy (non-hydrogen) atoms. The maximum atomic E-state index is 12.0. The molecule has 1 saturated heterocycles. The van der Waals surface area contributed by atoms with E-state index in [1.54, 1.807) is 18.4 Å². The van der Waals surface area contributed by atoms with Crippen LogP contribution in [-0.2, 0) is 17.6 Å². The zero-order chi connectivity index (χ0) is 23.9. The number of likely N-dealkylation sites (tertiary alicyclic amines) is 1. The second-order valence-corrected chi connectivity index (χ2v) is 10.6. The fourth-order valence-corrected chi connectivity index (χ4v) is 6.28. The van der Waals surface area contributed by atoms with Crippen molar-refractivity contribution in [1.82, 2.24) is 9.88 Å². The topological polar surface area (TPSA) is 62.7 Å². The van der Waals surface area contributed by atoms with Gasteiger partial charge in [-0.1, -0.05) is 11.6 Å². The smallest absolute Gasteiger partial charge is 0.308 e. The molecule has 1 aliphatic heterocycles. The van der Waals surface area contributed by atoms with E-state index in [4.69, 9.17) is 16.3 Å². The third-order valence-corrected chi connectivity index (χ3v) is 8.48. The lowest BCUT2D eigenvalue weighted by molar-refractivity contribution is -0.146. The normalized spacial score (nSPS) is 18.9. The predicted octanol–water partition coefficient (Wildman–Crippen LogP) is 6.33. The third-order valence-electron chi connectivity index (χ3n) is 7.04. The zero-order valence-corrected chi connectivity index (χ0v) is 21.3. The number of thiophene rings is 1. The molecule has 0 spiro atoms. The van der Waals surface area contributed by atoms with Gasteiger partial charge in [0.25, 0.3) is 0 Å².